The molecule has 1 aromatic carbocycles. The zero-order valence-corrected chi connectivity index (χ0v) is 13.4. The molecule has 0 unspecified atom stereocenters. The van der Waals surface area contributed by atoms with E-state index in [0.29, 0.717) is 0 Å². The van der Waals surface area contributed by atoms with Crippen LogP contribution in [0.1, 0.15) is 32.3 Å². The van der Waals surface area contributed by atoms with E-state index in [4.69, 9.17) is 0 Å². The second-order valence-corrected chi connectivity index (χ2v) is 3.69. The van der Waals surface area contributed by atoms with Crippen molar-refractivity contribution < 1.29 is 17.0 Å². The number of nitrogens with zero attached hydrogens (tertiary/aromatic N) is 1. The molecule has 0 saturated carbocycles. The smallest absolute Gasteiger partial charge is 1.00 e. The minimum absolute atomic E-state index is 0. The van der Waals surface area contributed by atoms with Crippen molar-refractivity contribution in [1.29, 1.82) is 0 Å². The van der Waals surface area contributed by atoms with Gasteiger partial charge < -0.3 is 21.9 Å². The monoisotopic (exact) mass is 293 g/mol. The SMILES string of the molecule is CCCN(CCC)Cc1c[c-]ccc1.[Br-].[Mg+2]. The Kier molecular flexibility index (Phi) is 14.0. The van der Waals surface area contributed by atoms with E-state index in [0.717, 1.165) is 6.54 Å². The van der Waals surface area contributed by atoms with E-state index in [1.807, 2.05) is 6.07 Å². The van der Waals surface area contributed by atoms with Gasteiger partial charge in [-0.15, -0.1) is 5.56 Å². The van der Waals surface area contributed by atoms with Crippen LogP contribution < -0.4 is 17.0 Å². The van der Waals surface area contributed by atoms with Gasteiger partial charge in [0.2, 0.25) is 0 Å². The Morgan fingerprint density at radius 2 is 1.81 bits per heavy atom. The number of benzene rings is 1. The normalized spacial score (nSPS) is 9.44. The van der Waals surface area contributed by atoms with E-state index in [9.17, 15) is 0 Å². The summed E-state index contributed by atoms with van der Waals surface area (Å²) in [6.45, 7) is 7.93. The topological polar surface area (TPSA) is 3.24 Å². The van der Waals surface area contributed by atoms with E-state index in [1.54, 1.807) is 0 Å². The molecule has 0 fully saturated rings. The fraction of sp³-hybridized carbons (Fsp3) is 0.538. The summed E-state index contributed by atoms with van der Waals surface area (Å²) < 4.78 is 0. The molecule has 0 aliphatic heterocycles. The molecule has 86 valence electrons. The van der Waals surface area contributed by atoms with Crippen LogP contribution in [0.25, 0.3) is 0 Å². The van der Waals surface area contributed by atoms with Crippen LogP contribution in [0.15, 0.2) is 24.3 Å². The Morgan fingerprint density at radius 3 is 2.25 bits per heavy atom. The van der Waals surface area contributed by atoms with Gasteiger partial charge in [-0.05, 0) is 32.5 Å². The zero-order chi connectivity index (χ0) is 10.2. The number of hydrogen-bond donors (Lipinski definition) is 0. The Morgan fingerprint density at radius 1 is 1.19 bits per heavy atom. The Labute approximate surface area is 127 Å². The Balaban J connectivity index is 0. The van der Waals surface area contributed by atoms with Gasteiger partial charge in [-0.2, -0.15) is 30.3 Å². The molecular weight excluding hydrogens is 274 g/mol. The van der Waals surface area contributed by atoms with Gasteiger partial charge in [0.15, 0.2) is 0 Å². The van der Waals surface area contributed by atoms with Crippen molar-refractivity contribution in [1.82, 2.24) is 4.90 Å². The molecule has 0 atom stereocenters. The fourth-order valence-electron chi connectivity index (χ4n) is 1.69. The first-order valence-corrected chi connectivity index (χ1v) is 5.54. The first-order valence-electron chi connectivity index (χ1n) is 5.54. The minimum atomic E-state index is 0. The summed E-state index contributed by atoms with van der Waals surface area (Å²) in [6, 6.07) is 11.4. The quantitative estimate of drug-likeness (QED) is 0.516. The van der Waals surface area contributed by atoms with E-state index in [1.165, 1.54) is 31.5 Å². The summed E-state index contributed by atoms with van der Waals surface area (Å²) in [5.74, 6) is 0. The van der Waals surface area contributed by atoms with Gasteiger partial charge in [0.1, 0.15) is 0 Å². The molecule has 0 N–H and O–H groups in total. The molecule has 0 aliphatic rings. The molecule has 0 heterocycles. The van der Waals surface area contributed by atoms with Crippen molar-refractivity contribution in [2.75, 3.05) is 13.1 Å². The molecular formula is C13H20BrMgN. The van der Waals surface area contributed by atoms with Crippen molar-refractivity contribution in [2.24, 2.45) is 0 Å². The van der Waals surface area contributed by atoms with Gasteiger partial charge >= 0.3 is 23.1 Å². The molecule has 0 amide bonds. The minimum Gasteiger partial charge on any atom is -1.00 e. The molecule has 0 radical (unpaired) electrons. The van der Waals surface area contributed by atoms with Crippen LogP contribution >= 0.6 is 0 Å². The maximum absolute atomic E-state index is 3.12. The number of rotatable bonds is 6. The second kappa shape index (κ2) is 11.9. The van der Waals surface area contributed by atoms with E-state index < -0.39 is 0 Å². The van der Waals surface area contributed by atoms with Crippen LogP contribution in [-0.2, 0) is 6.54 Å². The van der Waals surface area contributed by atoms with Crippen molar-refractivity contribution in [3.63, 3.8) is 0 Å². The van der Waals surface area contributed by atoms with Crippen molar-refractivity contribution in [2.45, 2.75) is 33.2 Å². The predicted octanol–water partition coefficient (Wildman–Crippen LogP) is -0.268. The van der Waals surface area contributed by atoms with Gasteiger partial charge in [0.05, 0.1) is 0 Å². The Hall–Kier alpha value is 0.426. The van der Waals surface area contributed by atoms with Crippen LogP contribution in [-0.4, -0.2) is 41.0 Å². The molecule has 1 rings (SSSR count). The standard InChI is InChI=1S/C13H20N.BrH.Mg/c1-3-10-14(11-4-2)12-13-8-6-5-7-9-13;;/h5-6,8-9H,3-4,10-12H2,1-2H3;1H;/q-1;;+2/p-1. The summed E-state index contributed by atoms with van der Waals surface area (Å²) in [4.78, 5) is 2.50. The van der Waals surface area contributed by atoms with Crippen LogP contribution in [0.3, 0.4) is 0 Å². The van der Waals surface area contributed by atoms with Crippen LogP contribution in [0.5, 0.6) is 0 Å². The van der Waals surface area contributed by atoms with Gasteiger partial charge in [0, 0.05) is 0 Å². The van der Waals surface area contributed by atoms with E-state index in [-0.39, 0.29) is 40.0 Å². The Bertz CT molecular complexity index is 235. The summed E-state index contributed by atoms with van der Waals surface area (Å²) in [6.07, 6.45) is 2.47. The molecule has 1 nitrogen and oxygen atoms in total. The van der Waals surface area contributed by atoms with Gasteiger partial charge in [-0.25, -0.2) is 0 Å². The average Bonchev–Trinajstić information content (AvgIpc) is 2.20. The molecule has 0 aliphatic carbocycles. The molecule has 1 aromatic rings. The van der Waals surface area contributed by atoms with Crippen LogP contribution in [0.4, 0.5) is 0 Å². The van der Waals surface area contributed by atoms with Crippen LogP contribution in [0.2, 0.25) is 0 Å². The first-order chi connectivity index (χ1) is 6.86. The summed E-state index contributed by atoms with van der Waals surface area (Å²) in [7, 11) is 0. The molecule has 0 saturated heterocycles. The molecule has 16 heavy (non-hydrogen) atoms. The molecule has 0 bridgehead atoms. The maximum Gasteiger partial charge on any atom is 2.00 e. The average molecular weight is 295 g/mol. The number of hydrogen-bond acceptors (Lipinski definition) is 1. The van der Waals surface area contributed by atoms with Crippen molar-refractivity contribution >= 4 is 23.1 Å². The van der Waals surface area contributed by atoms with E-state index >= 15 is 0 Å². The molecule has 3 heteroatoms. The van der Waals surface area contributed by atoms with Crippen molar-refractivity contribution in [3.05, 3.63) is 35.9 Å². The second-order valence-electron chi connectivity index (χ2n) is 3.69. The third-order valence-electron chi connectivity index (χ3n) is 2.26. The van der Waals surface area contributed by atoms with Crippen LogP contribution in [0, 0.1) is 6.07 Å². The predicted molar refractivity (Wildman–Crippen MR) is 66.9 cm³/mol. The number of halogens is 1. The third-order valence-corrected chi connectivity index (χ3v) is 2.26. The fourth-order valence-corrected chi connectivity index (χ4v) is 1.69. The summed E-state index contributed by atoms with van der Waals surface area (Å²) in [5.41, 5.74) is 1.37. The van der Waals surface area contributed by atoms with Gasteiger partial charge in [0.25, 0.3) is 0 Å². The van der Waals surface area contributed by atoms with Gasteiger partial charge in [-0.1, -0.05) is 13.8 Å². The third kappa shape index (κ3) is 7.66. The zero-order valence-electron chi connectivity index (χ0n) is 10.4. The summed E-state index contributed by atoms with van der Waals surface area (Å²) in [5, 5.41) is 0. The maximum atomic E-state index is 3.12. The molecule has 0 aromatic heterocycles. The van der Waals surface area contributed by atoms with Crippen molar-refractivity contribution in [3.8, 4) is 0 Å². The first kappa shape index (κ1) is 18.8. The van der Waals surface area contributed by atoms with E-state index in [2.05, 4.69) is 43.0 Å². The molecule has 0 spiro atoms. The van der Waals surface area contributed by atoms with Gasteiger partial charge in [-0.3, -0.25) is 0 Å². The summed E-state index contributed by atoms with van der Waals surface area (Å²) >= 11 is 0. The largest absolute Gasteiger partial charge is 2.00 e.